The molecule has 0 aliphatic heterocycles. The van der Waals surface area contributed by atoms with Crippen molar-refractivity contribution in [2.45, 2.75) is 6.92 Å². The summed E-state index contributed by atoms with van der Waals surface area (Å²) in [4.78, 5) is 22.6. The van der Waals surface area contributed by atoms with Crippen molar-refractivity contribution < 1.29 is 9.72 Å². The van der Waals surface area contributed by atoms with E-state index in [0.29, 0.717) is 15.7 Å². The third-order valence-electron chi connectivity index (χ3n) is 3.15. The van der Waals surface area contributed by atoms with Gasteiger partial charge in [0.25, 0.3) is 11.6 Å². The fraction of sp³-hybridized carbons (Fsp3) is 0.0588. The predicted octanol–water partition coefficient (Wildman–Crippen LogP) is 4.21. The molecule has 0 aliphatic carbocycles. The fourth-order valence-corrected chi connectivity index (χ4v) is 2.30. The Bertz CT molecular complexity index is 868. The van der Waals surface area contributed by atoms with E-state index < -0.39 is 10.8 Å². The van der Waals surface area contributed by atoms with E-state index in [2.05, 4.69) is 21.2 Å². The van der Waals surface area contributed by atoms with Gasteiger partial charge in [0.2, 0.25) is 0 Å². The average molecular weight is 386 g/mol. The molecule has 24 heavy (non-hydrogen) atoms. The van der Waals surface area contributed by atoms with Crippen LogP contribution in [0.15, 0.2) is 52.5 Å². The number of hydrogen-bond acceptors (Lipinski definition) is 4. The van der Waals surface area contributed by atoms with Crippen molar-refractivity contribution in [2.75, 3.05) is 5.32 Å². The first-order valence-electron chi connectivity index (χ1n) is 6.84. The quantitative estimate of drug-likeness (QED) is 0.368. The third kappa shape index (κ3) is 4.27. The Morgan fingerprint density at radius 1 is 1.29 bits per heavy atom. The van der Waals surface area contributed by atoms with Gasteiger partial charge >= 0.3 is 0 Å². The summed E-state index contributed by atoms with van der Waals surface area (Å²) in [5, 5.41) is 22.7. The molecule has 120 valence electrons. The van der Waals surface area contributed by atoms with E-state index in [1.54, 1.807) is 18.2 Å². The molecule has 6 nitrogen and oxygen atoms in total. The Morgan fingerprint density at radius 3 is 2.54 bits per heavy atom. The summed E-state index contributed by atoms with van der Waals surface area (Å²) >= 11 is 3.09. The molecule has 0 fully saturated rings. The van der Waals surface area contributed by atoms with E-state index in [1.807, 2.05) is 25.1 Å². The van der Waals surface area contributed by atoms with Gasteiger partial charge in [0, 0.05) is 11.8 Å². The Morgan fingerprint density at radius 2 is 1.96 bits per heavy atom. The molecule has 2 aromatic carbocycles. The molecule has 0 heterocycles. The van der Waals surface area contributed by atoms with Gasteiger partial charge in [-0.3, -0.25) is 14.9 Å². The normalized spacial score (nSPS) is 10.8. The number of hydrogen-bond donors (Lipinski definition) is 1. The van der Waals surface area contributed by atoms with Crippen LogP contribution in [-0.4, -0.2) is 10.8 Å². The minimum atomic E-state index is -0.577. The second-order valence-electron chi connectivity index (χ2n) is 4.96. The highest BCUT2D eigenvalue weighted by Gasteiger charge is 2.14. The monoisotopic (exact) mass is 385 g/mol. The number of benzene rings is 2. The topological polar surface area (TPSA) is 96.0 Å². The minimum absolute atomic E-state index is 0.139. The standard InChI is InChI=1S/C17H12BrN3O3/c1-11-2-5-14(6-3-11)20-17(22)13(10-19)8-12-4-7-15(18)16(9-12)21(23)24/h2-9H,1H3,(H,20,22)/b13-8-. The number of nitriles is 1. The van der Waals surface area contributed by atoms with Crippen molar-refractivity contribution >= 4 is 39.3 Å². The maximum atomic E-state index is 12.2. The van der Waals surface area contributed by atoms with E-state index in [0.717, 1.165) is 5.56 Å². The van der Waals surface area contributed by atoms with E-state index >= 15 is 0 Å². The molecule has 1 amide bonds. The summed E-state index contributed by atoms with van der Waals surface area (Å²) in [6.07, 6.45) is 1.31. The lowest BCUT2D eigenvalue weighted by atomic mass is 10.1. The summed E-state index contributed by atoms with van der Waals surface area (Å²) in [6, 6.07) is 13.3. The van der Waals surface area contributed by atoms with Crippen LogP contribution in [0.3, 0.4) is 0 Å². The molecule has 0 saturated carbocycles. The molecule has 0 unspecified atom stereocenters. The summed E-state index contributed by atoms with van der Waals surface area (Å²) in [6.45, 7) is 1.92. The molecule has 7 heteroatoms. The van der Waals surface area contributed by atoms with Crippen molar-refractivity contribution in [3.63, 3.8) is 0 Å². The Kier molecular flexibility index (Phi) is 5.45. The lowest BCUT2D eigenvalue weighted by Crippen LogP contribution is -2.13. The molecule has 0 aromatic heterocycles. The molecule has 0 aliphatic rings. The van der Waals surface area contributed by atoms with E-state index in [-0.39, 0.29) is 11.3 Å². The smallest absolute Gasteiger partial charge is 0.284 e. The van der Waals surface area contributed by atoms with Gasteiger partial charge in [-0.2, -0.15) is 5.26 Å². The van der Waals surface area contributed by atoms with Crippen LogP contribution in [0, 0.1) is 28.4 Å². The zero-order valence-corrected chi connectivity index (χ0v) is 14.2. The molecule has 0 saturated heterocycles. The lowest BCUT2D eigenvalue weighted by molar-refractivity contribution is -0.385. The molecule has 0 radical (unpaired) electrons. The second-order valence-corrected chi connectivity index (χ2v) is 5.81. The zero-order chi connectivity index (χ0) is 17.7. The van der Waals surface area contributed by atoms with Gasteiger partial charge in [-0.15, -0.1) is 0 Å². The number of halogens is 1. The van der Waals surface area contributed by atoms with Crippen LogP contribution >= 0.6 is 15.9 Å². The lowest BCUT2D eigenvalue weighted by Gasteiger charge is -2.05. The molecule has 2 aromatic rings. The number of anilines is 1. The molecule has 2 rings (SSSR count). The number of aryl methyl sites for hydroxylation is 1. The summed E-state index contributed by atoms with van der Waals surface area (Å²) < 4.78 is 0.326. The first-order valence-corrected chi connectivity index (χ1v) is 7.64. The predicted molar refractivity (Wildman–Crippen MR) is 94.2 cm³/mol. The molecular weight excluding hydrogens is 374 g/mol. The van der Waals surface area contributed by atoms with Crippen molar-refractivity contribution in [1.82, 2.24) is 0 Å². The van der Waals surface area contributed by atoms with E-state index in [4.69, 9.17) is 0 Å². The first-order chi connectivity index (χ1) is 11.4. The Labute approximate surface area is 146 Å². The molecular formula is C17H12BrN3O3. The minimum Gasteiger partial charge on any atom is -0.321 e. The zero-order valence-electron chi connectivity index (χ0n) is 12.6. The van der Waals surface area contributed by atoms with Crippen LogP contribution in [-0.2, 0) is 4.79 Å². The highest BCUT2D eigenvalue weighted by Crippen LogP contribution is 2.26. The van der Waals surface area contributed by atoms with Gasteiger partial charge in [0.05, 0.1) is 9.40 Å². The van der Waals surface area contributed by atoms with Gasteiger partial charge in [-0.25, -0.2) is 0 Å². The van der Waals surface area contributed by atoms with Crippen LogP contribution in [0.25, 0.3) is 6.08 Å². The Balaban J connectivity index is 2.27. The number of amides is 1. The van der Waals surface area contributed by atoms with Crippen molar-refractivity contribution in [3.8, 4) is 6.07 Å². The highest BCUT2D eigenvalue weighted by molar-refractivity contribution is 9.10. The van der Waals surface area contributed by atoms with E-state index in [9.17, 15) is 20.2 Å². The summed E-state index contributed by atoms with van der Waals surface area (Å²) in [5.41, 5.74) is 1.72. The van der Waals surface area contributed by atoms with Crippen molar-refractivity contribution in [3.05, 3.63) is 73.8 Å². The van der Waals surface area contributed by atoms with Gasteiger partial charge < -0.3 is 5.32 Å². The van der Waals surface area contributed by atoms with Crippen LogP contribution < -0.4 is 5.32 Å². The number of nitrogens with one attached hydrogen (secondary N) is 1. The largest absolute Gasteiger partial charge is 0.321 e. The molecule has 0 atom stereocenters. The summed E-state index contributed by atoms with van der Waals surface area (Å²) in [5.74, 6) is -0.577. The third-order valence-corrected chi connectivity index (χ3v) is 3.82. The number of carbonyl (C=O) groups excluding carboxylic acids is 1. The van der Waals surface area contributed by atoms with Gasteiger partial charge in [-0.05, 0) is 52.7 Å². The van der Waals surface area contributed by atoms with Crippen LogP contribution in [0.2, 0.25) is 0 Å². The van der Waals surface area contributed by atoms with Gasteiger partial charge in [0.1, 0.15) is 11.6 Å². The summed E-state index contributed by atoms with van der Waals surface area (Å²) in [7, 11) is 0. The fourth-order valence-electron chi connectivity index (χ4n) is 1.91. The number of carbonyl (C=O) groups is 1. The van der Waals surface area contributed by atoms with Gasteiger partial charge in [-0.1, -0.05) is 23.8 Å². The van der Waals surface area contributed by atoms with E-state index in [1.165, 1.54) is 18.2 Å². The van der Waals surface area contributed by atoms with Crippen molar-refractivity contribution in [2.24, 2.45) is 0 Å². The number of rotatable bonds is 4. The number of nitro groups is 1. The molecule has 0 bridgehead atoms. The number of nitrogens with zero attached hydrogens (tertiary/aromatic N) is 2. The maximum Gasteiger partial charge on any atom is 0.284 e. The van der Waals surface area contributed by atoms with Crippen molar-refractivity contribution in [1.29, 1.82) is 5.26 Å². The highest BCUT2D eigenvalue weighted by atomic mass is 79.9. The molecule has 1 N–H and O–H groups in total. The van der Waals surface area contributed by atoms with Crippen LogP contribution in [0.1, 0.15) is 11.1 Å². The van der Waals surface area contributed by atoms with Crippen LogP contribution in [0.4, 0.5) is 11.4 Å². The van der Waals surface area contributed by atoms with Gasteiger partial charge in [0.15, 0.2) is 0 Å². The average Bonchev–Trinajstić information content (AvgIpc) is 2.55. The maximum absolute atomic E-state index is 12.2. The van der Waals surface area contributed by atoms with Crippen LogP contribution in [0.5, 0.6) is 0 Å². The Hall–Kier alpha value is -2.98. The first kappa shape index (κ1) is 17.4. The molecule has 0 spiro atoms. The number of nitro benzene ring substituents is 1. The SMILES string of the molecule is Cc1ccc(NC(=O)/C(C#N)=C\c2ccc(Br)c([N+](=O)[O-])c2)cc1. The second kappa shape index (κ2) is 7.53.